The second kappa shape index (κ2) is 15.7. The summed E-state index contributed by atoms with van der Waals surface area (Å²) in [6, 6.07) is 0. The number of hydrogen-bond donors (Lipinski definition) is 8. The Morgan fingerprint density at radius 3 is 1.98 bits per heavy atom. The zero-order valence-corrected chi connectivity index (χ0v) is 34.7. The van der Waals surface area contributed by atoms with E-state index in [4.69, 9.17) is 29.9 Å². The van der Waals surface area contributed by atoms with Crippen molar-refractivity contribution in [3.05, 3.63) is 11.6 Å². The van der Waals surface area contributed by atoms with Gasteiger partial charge in [0.05, 0.1) is 24.2 Å². The summed E-state index contributed by atoms with van der Waals surface area (Å²) < 4.78 is 16.6. The van der Waals surface area contributed by atoms with E-state index >= 15 is 0 Å². The number of ketones is 1. The fourth-order valence-electron chi connectivity index (χ4n) is 12.9. The molecule has 16 heteroatoms. The lowest BCUT2D eigenvalue weighted by molar-refractivity contribution is -0.290. The van der Waals surface area contributed by atoms with Crippen LogP contribution < -0.4 is 0 Å². The summed E-state index contributed by atoms with van der Waals surface area (Å²) in [6.45, 7) is 15.3. The van der Waals surface area contributed by atoms with Gasteiger partial charge in [-0.05, 0) is 110 Å². The van der Waals surface area contributed by atoms with Crippen LogP contribution in [0.4, 0.5) is 0 Å². The molecule has 330 valence electrons. The summed E-state index contributed by atoms with van der Waals surface area (Å²) in [7, 11) is 0. The van der Waals surface area contributed by atoms with Crippen molar-refractivity contribution < 1.29 is 79.7 Å². The van der Waals surface area contributed by atoms with E-state index in [0.717, 1.165) is 38.5 Å². The second-order valence-electron chi connectivity index (χ2n) is 20.3. The van der Waals surface area contributed by atoms with Gasteiger partial charge in [-0.15, -0.1) is 0 Å². The van der Waals surface area contributed by atoms with E-state index in [-0.39, 0.29) is 75.2 Å². The Morgan fingerprint density at radius 1 is 0.759 bits per heavy atom. The van der Waals surface area contributed by atoms with E-state index < -0.39 is 72.3 Å². The molecule has 2 saturated heterocycles. The van der Waals surface area contributed by atoms with Gasteiger partial charge in [-0.1, -0.05) is 47.1 Å². The summed E-state index contributed by atoms with van der Waals surface area (Å²) in [5.74, 6) is -3.16. The first kappa shape index (κ1) is 46.5. The Hall–Kier alpha value is -2.54. The van der Waals surface area contributed by atoms with Gasteiger partial charge in [0, 0.05) is 12.3 Å². The second-order valence-corrected chi connectivity index (χ2v) is 20.3. The van der Waals surface area contributed by atoms with Gasteiger partial charge in [-0.3, -0.25) is 9.59 Å². The minimum atomic E-state index is -1.58. The van der Waals surface area contributed by atoms with Gasteiger partial charge in [-0.2, -0.15) is 0 Å². The largest absolute Gasteiger partial charge is 0.481 e. The van der Waals surface area contributed by atoms with Crippen LogP contribution in [-0.4, -0.2) is 132 Å². The highest BCUT2D eigenvalue weighted by Gasteiger charge is 2.70. The molecule has 4 saturated carbocycles. The maximum Gasteiger partial charge on any atom is 0.335 e. The lowest BCUT2D eigenvalue weighted by Crippen LogP contribution is -2.67. The molecule has 7 aliphatic rings. The van der Waals surface area contributed by atoms with Crippen LogP contribution >= 0.6 is 0 Å². The van der Waals surface area contributed by atoms with Crippen LogP contribution in [0.3, 0.4) is 0 Å². The summed E-state index contributed by atoms with van der Waals surface area (Å²) in [6.07, 6.45) is -1.88. The predicted molar refractivity (Wildman–Crippen MR) is 204 cm³/mol. The lowest BCUT2D eigenvalue weighted by Gasteiger charge is -2.70. The molecule has 0 bridgehead atoms. The topological polar surface area (TPSA) is 289 Å². The van der Waals surface area contributed by atoms with Crippen LogP contribution in [0.25, 0.3) is 0 Å². The standard InChI is InChI=1S/C36H54O9.C6H10O6.H2O/c1-31(2)23-8-11-36(7)28(34(23,5)10-9-24(31)44-25-17-21(37)26(39)27(45-25)29(40)41)22(38)16-19-20-18-33(4,30(42)43)13-12-32(20,3)14-15-35(19,36)6;7-2-1-12-5(6(10)11)4(9)3(2)8;/h16,20-21,23-28,37,39H,8-15,17-18H2,1-7H3,(H,40,41)(H,42,43);2-5,7-9H,1H2,(H,10,11);1H2/t20-,21-,23-,24-,25?,26?,27-,28+,32+,33-,34-,35+,36+;2-,3?,4+,5?;/m01./s1. The molecule has 7 rings (SSSR count). The maximum atomic E-state index is 14.6. The van der Waals surface area contributed by atoms with Gasteiger partial charge >= 0.3 is 17.9 Å². The molecule has 0 aromatic heterocycles. The first-order chi connectivity index (χ1) is 26.3. The summed E-state index contributed by atoms with van der Waals surface area (Å²) in [5, 5.41) is 75.6. The molecule has 0 aromatic rings. The van der Waals surface area contributed by atoms with Crippen LogP contribution in [0, 0.1) is 50.2 Å². The number of aliphatic carboxylic acids is 3. The Labute approximate surface area is 339 Å². The van der Waals surface area contributed by atoms with Crippen molar-refractivity contribution >= 4 is 23.7 Å². The highest BCUT2D eigenvalue weighted by molar-refractivity contribution is 5.95. The molecule has 0 spiro atoms. The quantitative estimate of drug-likeness (QED) is 0.184. The molecule has 5 aliphatic carbocycles. The highest BCUT2D eigenvalue weighted by Crippen LogP contribution is 2.75. The third kappa shape index (κ3) is 7.25. The highest BCUT2D eigenvalue weighted by atomic mass is 16.7. The van der Waals surface area contributed by atoms with E-state index in [0.29, 0.717) is 19.3 Å². The van der Waals surface area contributed by atoms with Crippen molar-refractivity contribution in [3.63, 3.8) is 0 Å². The van der Waals surface area contributed by atoms with Crippen LogP contribution in [0.5, 0.6) is 0 Å². The van der Waals surface area contributed by atoms with Crippen molar-refractivity contribution in [3.8, 4) is 0 Å². The van der Waals surface area contributed by atoms with Crippen LogP contribution in [-0.2, 0) is 33.4 Å². The summed E-state index contributed by atoms with van der Waals surface area (Å²) >= 11 is 0. The van der Waals surface area contributed by atoms with Gasteiger partial charge in [0.25, 0.3) is 0 Å². The predicted octanol–water partition coefficient (Wildman–Crippen LogP) is 2.09. The summed E-state index contributed by atoms with van der Waals surface area (Å²) in [4.78, 5) is 49.0. The van der Waals surface area contributed by atoms with Gasteiger partial charge in [0.1, 0.15) is 24.4 Å². The fraction of sp³-hybridized carbons (Fsp3) is 0.857. The number of carbonyl (C=O) groups excluding carboxylic acids is 1. The molecule has 0 radical (unpaired) electrons. The third-order valence-corrected chi connectivity index (χ3v) is 16.8. The molecule has 2 heterocycles. The Bertz CT molecular complexity index is 1650. The Kier molecular flexibility index (Phi) is 12.6. The van der Waals surface area contributed by atoms with E-state index in [2.05, 4.69) is 46.3 Å². The molecular weight excluding hydrogens is 760 g/mol. The Morgan fingerprint density at radius 2 is 1.38 bits per heavy atom. The van der Waals surface area contributed by atoms with E-state index in [1.54, 1.807) is 0 Å². The first-order valence-electron chi connectivity index (χ1n) is 20.6. The van der Waals surface area contributed by atoms with Gasteiger partial charge in [-0.25, -0.2) is 9.59 Å². The lowest BCUT2D eigenvalue weighted by atomic mass is 9.33. The number of carboxylic acid groups (broad SMARTS) is 3. The first-order valence-corrected chi connectivity index (χ1v) is 20.6. The monoisotopic (exact) mass is 826 g/mol. The van der Waals surface area contributed by atoms with E-state index in [9.17, 15) is 39.6 Å². The number of carboxylic acids is 3. The van der Waals surface area contributed by atoms with Crippen molar-refractivity contribution in [2.45, 2.75) is 168 Å². The number of fused-ring (bicyclic) bond motifs is 7. The van der Waals surface area contributed by atoms with Crippen LogP contribution in [0.2, 0.25) is 0 Å². The molecule has 16 nitrogen and oxygen atoms in total. The smallest absolute Gasteiger partial charge is 0.335 e. The average molecular weight is 827 g/mol. The maximum absolute atomic E-state index is 14.6. The SMILES string of the molecule is CC1(C)[C@@H](OC2C[C@H](O)C(O)[C@@H](C(=O)O)O2)CC[C@]2(C)[C@H]3C(=O)C=C4[C@@H]5C[C@@](C)(C(=O)O)CC[C@]5(C)CC[C@@]4(C)[C@]3(C)CC[C@@H]12.O.O=C(O)C1OC[C@@H](O)C(O)[C@@H]1O. The molecule has 0 amide bonds. The molecule has 4 unspecified atom stereocenters. The number of aliphatic hydroxyl groups excluding tert-OH is 5. The van der Waals surface area contributed by atoms with Crippen molar-refractivity contribution in [2.24, 2.45) is 50.2 Å². The minimum absolute atomic E-state index is 0. The van der Waals surface area contributed by atoms with Crippen molar-refractivity contribution in [1.29, 1.82) is 0 Å². The molecule has 10 N–H and O–H groups in total. The number of carbonyl (C=O) groups is 4. The minimum Gasteiger partial charge on any atom is -0.481 e. The van der Waals surface area contributed by atoms with Gasteiger partial charge in [0.15, 0.2) is 24.3 Å². The molecule has 58 heavy (non-hydrogen) atoms. The van der Waals surface area contributed by atoms with Gasteiger partial charge in [0.2, 0.25) is 0 Å². The fourth-order valence-corrected chi connectivity index (χ4v) is 12.9. The number of rotatable bonds is 5. The zero-order chi connectivity index (χ0) is 42.4. The molecule has 17 atom stereocenters. The van der Waals surface area contributed by atoms with E-state index in [1.165, 1.54) is 5.57 Å². The zero-order valence-electron chi connectivity index (χ0n) is 34.7. The number of aliphatic hydroxyl groups is 5. The molecular formula is C42H66O16. The normalized spacial score (nSPS) is 49.4. The average Bonchev–Trinajstić information content (AvgIpc) is 3.11. The third-order valence-electron chi connectivity index (χ3n) is 16.8. The number of allylic oxidation sites excluding steroid dienone is 2. The molecule has 6 fully saturated rings. The van der Waals surface area contributed by atoms with Gasteiger partial charge < -0.3 is 60.5 Å². The molecule has 2 aliphatic heterocycles. The van der Waals surface area contributed by atoms with Crippen LogP contribution in [0.1, 0.15) is 113 Å². The van der Waals surface area contributed by atoms with E-state index in [1.807, 2.05) is 13.0 Å². The van der Waals surface area contributed by atoms with Crippen molar-refractivity contribution in [2.75, 3.05) is 6.61 Å². The number of hydrogen-bond acceptors (Lipinski definition) is 12. The van der Waals surface area contributed by atoms with Crippen molar-refractivity contribution in [1.82, 2.24) is 0 Å². The Balaban J connectivity index is 0.000000424. The van der Waals surface area contributed by atoms with Crippen LogP contribution in [0.15, 0.2) is 11.6 Å². The summed E-state index contributed by atoms with van der Waals surface area (Å²) in [5.41, 5.74) is -0.675. The number of ether oxygens (including phenoxy) is 3. The molecule has 0 aromatic carbocycles.